The van der Waals surface area contributed by atoms with E-state index in [1.165, 1.54) is 23.9 Å². The molecule has 2 aromatic rings. The number of carbonyl (C=O) groups is 1. The summed E-state index contributed by atoms with van der Waals surface area (Å²) in [5, 5.41) is 13.2. The van der Waals surface area contributed by atoms with E-state index in [1.54, 1.807) is 19.1 Å². The van der Waals surface area contributed by atoms with Crippen LogP contribution < -0.4 is 10.2 Å². The first-order valence-electron chi connectivity index (χ1n) is 7.69. The number of aromatic nitrogens is 1. The number of amides is 1. The molecule has 0 saturated heterocycles. The molecule has 2 rings (SSSR count). The summed E-state index contributed by atoms with van der Waals surface area (Å²) in [7, 11) is 3.82. The normalized spacial score (nSPS) is 11.6. The van der Waals surface area contributed by atoms with Gasteiger partial charge >= 0.3 is 0 Å². The summed E-state index contributed by atoms with van der Waals surface area (Å²) in [6.07, 6.45) is 0. The zero-order valence-corrected chi connectivity index (χ0v) is 15.1. The van der Waals surface area contributed by atoms with E-state index in [-0.39, 0.29) is 16.8 Å². The molecule has 0 aliphatic carbocycles. The van der Waals surface area contributed by atoms with Gasteiger partial charge in [0, 0.05) is 31.1 Å². The quantitative estimate of drug-likeness (QED) is 0.464. The molecular weight excluding hydrogens is 340 g/mol. The molecule has 1 N–H and O–H groups in total. The number of nitro groups is 1. The molecule has 8 heteroatoms. The van der Waals surface area contributed by atoms with Crippen LogP contribution in [-0.2, 0) is 11.3 Å². The molecule has 1 unspecified atom stereocenters. The predicted molar refractivity (Wildman–Crippen MR) is 98.8 cm³/mol. The number of anilines is 1. The van der Waals surface area contributed by atoms with E-state index in [4.69, 9.17) is 0 Å². The van der Waals surface area contributed by atoms with Crippen LogP contribution in [0.5, 0.6) is 0 Å². The molecule has 0 aliphatic heterocycles. The Kier molecular flexibility index (Phi) is 6.35. The second-order valence-electron chi connectivity index (χ2n) is 5.61. The Hall–Kier alpha value is -2.61. The van der Waals surface area contributed by atoms with E-state index >= 15 is 0 Å². The lowest BCUT2D eigenvalue weighted by molar-refractivity contribution is -0.384. The third-order valence-electron chi connectivity index (χ3n) is 3.42. The second kappa shape index (κ2) is 8.48. The smallest absolute Gasteiger partial charge is 0.269 e. The van der Waals surface area contributed by atoms with Crippen LogP contribution in [0.1, 0.15) is 12.6 Å². The van der Waals surface area contributed by atoms with Gasteiger partial charge in [0.1, 0.15) is 5.82 Å². The Morgan fingerprint density at radius 3 is 2.56 bits per heavy atom. The van der Waals surface area contributed by atoms with Gasteiger partial charge in [0.15, 0.2) is 0 Å². The Labute approximate surface area is 150 Å². The summed E-state index contributed by atoms with van der Waals surface area (Å²) in [6, 6.07) is 11.8. The molecule has 1 aromatic heterocycles. The average Bonchev–Trinajstić information content (AvgIpc) is 2.60. The van der Waals surface area contributed by atoms with Crippen LogP contribution in [0.3, 0.4) is 0 Å². The fourth-order valence-corrected chi connectivity index (χ4v) is 2.93. The van der Waals surface area contributed by atoms with E-state index in [0.717, 1.165) is 16.4 Å². The number of thioether (sulfide) groups is 1. The molecule has 1 amide bonds. The van der Waals surface area contributed by atoms with Crippen LogP contribution in [0, 0.1) is 10.1 Å². The lowest BCUT2D eigenvalue weighted by Gasteiger charge is -2.14. The van der Waals surface area contributed by atoms with Crippen molar-refractivity contribution in [2.75, 3.05) is 19.0 Å². The molecular formula is C17H20N4O3S. The minimum absolute atomic E-state index is 0.0355. The fraction of sp³-hybridized carbons (Fsp3) is 0.294. The summed E-state index contributed by atoms with van der Waals surface area (Å²) in [5.41, 5.74) is 0.820. The maximum atomic E-state index is 12.2. The first kappa shape index (κ1) is 18.7. The van der Waals surface area contributed by atoms with Gasteiger partial charge in [0.05, 0.1) is 22.4 Å². The largest absolute Gasteiger partial charge is 0.363 e. The zero-order chi connectivity index (χ0) is 18.4. The van der Waals surface area contributed by atoms with Crippen LogP contribution in [0.4, 0.5) is 11.5 Å². The number of nitro benzene ring substituents is 1. The molecule has 1 heterocycles. The van der Waals surface area contributed by atoms with Gasteiger partial charge in [-0.3, -0.25) is 14.9 Å². The maximum Gasteiger partial charge on any atom is 0.269 e. The number of nitrogens with zero attached hydrogens (tertiary/aromatic N) is 3. The summed E-state index contributed by atoms with van der Waals surface area (Å²) in [5.74, 6) is 0.723. The minimum atomic E-state index is -0.445. The van der Waals surface area contributed by atoms with E-state index < -0.39 is 4.92 Å². The molecule has 0 saturated carbocycles. The first-order chi connectivity index (χ1) is 11.9. The molecule has 0 spiro atoms. The van der Waals surface area contributed by atoms with Crippen molar-refractivity contribution < 1.29 is 9.72 Å². The van der Waals surface area contributed by atoms with Crippen molar-refractivity contribution in [3.63, 3.8) is 0 Å². The molecule has 0 fully saturated rings. The fourth-order valence-electron chi connectivity index (χ4n) is 2.04. The number of hydrogen-bond acceptors (Lipinski definition) is 6. The maximum absolute atomic E-state index is 12.2. The van der Waals surface area contributed by atoms with Gasteiger partial charge in [-0.25, -0.2) is 4.98 Å². The van der Waals surface area contributed by atoms with Crippen molar-refractivity contribution in [3.05, 3.63) is 58.3 Å². The SMILES string of the molecule is CC(Sc1ccc([N+](=O)[O-])cc1)C(=O)NCc1cccc(N(C)C)n1. The van der Waals surface area contributed by atoms with Crippen molar-refractivity contribution in [1.29, 1.82) is 0 Å². The monoisotopic (exact) mass is 360 g/mol. The number of carbonyl (C=O) groups excluding carboxylic acids is 1. The summed E-state index contributed by atoms with van der Waals surface area (Å²) >= 11 is 1.35. The van der Waals surface area contributed by atoms with Gasteiger partial charge < -0.3 is 10.2 Å². The summed E-state index contributed by atoms with van der Waals surface area (Å²) < 4.78 is 0. The number of benzene rings is 1. The average molecular weight is 360 g/mol. The Balaban J connectivity index is 1.89. The van der Waals surface area contributed by atoms with Crippen LogP contribution in [0.15, 0.2) is 47.4 Å². The molecule has 7 nitrogen and oxygen atoms in total. The van der Waals surface area contributed by atoms with Crippen molar-refractivity contribution in [2.24, 2.45) is 0 Å². The Morgan fingerprint density at radius 1 is 1.28 bits per heavy atom. The predicted octanol–water partition coefficient (Wildman–Crippen LogP) is 2.85. The molecule has 1 aromatic carbocycles. The van der Waals surface area contributed by atoms with Crippen LogP contribution in [-0.4, -0.2) is 35.2 Å². The van der Waals surface area contributed by atoms with Gasteiger partial charge in [-0.1, -0.05) is 6.07 Å². The molecule has 0 radical (unpaired) electrons. The van der Waals surface area contributed by atoms with Crippen LogP contribution >= 0.6 is 11.8 Å². The highest BCUT2D eigenvalue weighted by molar-refractivity contribution is 8.00. The lowest BCUT2D eigenvalue weighted by atomic mass is 10.3. The van der Waals surface area contributed by atoms with Gasteiger partial charge in [-0.05, 0) is 31.2 Å². The highest BCUT2D eigenvalue weighted by Gasteiger charge is 2.15. The molecule has 25 heavy (non-hydrogen) atoms. The Morgan fingerprint density at radius 2 is 1.96 bits per heavy atom. The molecule has 1 atom stereocenters. The van der Waals surface area contributed by atoms with E-state index in [2.05, 4.69) is 10.3 Å². The topological polar surface area (TPSA) is 88.4 Å². The number of non-ortho nitro benzene ring substituents is 1. The van der Waals surface area contributed by atoms with E-state index in [0.29, 0.717) is 6.54 Å². The number of hydrogen-bond donors (Lipinski definition) is 1. The summed E-state index contributed by atoms with van der Waals surface area (Å²) in [4.78, 5) is 29.6. The highest BCUT2D eigenvalue weighted by atomic mass is 32.2. The van der Waals surface area contributed by atoms with Crippen LogP contribution in [0.2, 0.25) is 0 Å². The van der Waals surface area contributed by atoms with Crippen molar-refractivity contribution in [2.45, 2.75) is 23.6 Å². The number of pyridine rings is 1. The highest BCUT2D eigenvalue weighted by Crippen LogP contribution is 2.25. The second-order valence-corrected chi connectivity index (χ2v) is 7.02. The molecule has 0 bridgehead atoms. The molecule has 0 aliphatic rings. The Bertz CT molecular complexity index is 750. The van der Waals surface area contributed by atoms with E-state index in [9.17, 15) is 14.9 Å². The number of rotatable bonds is 7. The minimum Gasteiger partial charge on any atom is -0.363 e. The third-order valence-corrected chi connectivity index (χ3v) is 4.54. The van der Waals surface area contributed by atoms with Gasteiger partial charge in [-0.15, -0.1) is 11.8 Å². The first-order valence-corrected chi connectivity index (χ1v) is 8.57. The zero-order valence-electron chi connectivity index (χ0n) is 14.3. The summed E-state index contributed by atoms with van der Waals surface area (Å²) in [6.45, 7) is 2.15. The molecule has 132 valence electrons. The van der Waals surface area contributed by atoms with Crippen LogP contribution in [0.25, 0.3) is 0 Å². The van der Waals surface area contributed by atoms with Gasteiger partial charge in [0.2, 0.25) is 5.91 Å². The standard InChI is InChI=1S/C17H20N4O3S/c1-12(25-15-9-7-14(8-10-15)21(23)24)17(22)18-11-13-5-4-6-16(19-13)20(2)3/h4-10,12H,11H2,1-3H3,(H,18,22). The van der Waals surface area contributed by atoms with Crippen molar-refractivity contribution in [3.8, 4) is 0 Å². The van der Waals surface area contributed by atoms with Gasteiger partial charge in [-0.2, -0.15) is 0 Å². The lowest BCUT2D eigenvalue weighted by Crippen LogP contribution is -2.30. The van der Waals surface area contributed by atoms with Crippen molar-refractivity contribution >= 4 is 29.2 Å². The van der Waals surface area contributed by atoms with E-state index in [1.807, 2.05) is 37.2 Å². The van der Waals surface area contributed by atoms with Crippen molar-refractivity contribution in [1.82, 2.24) is 10.3 Å². The van der Waals surface area contributed by atoms with Gasteiger partial charge in [0.25, 0.3) is 5.69 Å². The third kappa shape index (κ3) is 5.46. The number of nitrogens with one attached hydrogen (secondary N) is 1.